The molecule has 0 aromatic heterocycles. The maximum atomic E-state index is 12.2. The molecule has 2 aromatic rings. The van der Waals surface area contributed by atoms with Gasteiger partial charge in [-0.3, -0.25) is 4.79 Å². The maximum absolute atomic E-state index is 12.2. The maximum Gasteiger partial charge on any atom is 0.338 e. The van der Waals surface area contributed by atoms with E-state index in [1.165, 1.54) is 6.42 Å². The van der Waals surface area contributed by atoms with E-state index < -0.39 is 0 Å². The van der Waals surface area contributed by atoms with Crippen molar-refractivity contribution in [3.05, 3.63) is 59.2 Å². The monoisotopic (exact) mass is 381 g/mol. The van der Waals surface area contributed by atoms with Crippen molar-refractivity contribution in [1.29, 1.82) is 0 Å². The van der Waals surface area contributed by atoms with E-state index in [9.17, 15) is 9.59 Å². The highest BCUT2D eigenvalue weighted by atomic mass is 16.5. The molecule has 1 aliphatic carbocycles. The summed E-state index contributed by atoms with van der Waals surface area (Å²) in [4.78, 5) is 24.3. The van der Waals surface area contributed by atoms with Crippen LogP contribution in [0.3, 0.4) is 0 Å². The number of hydrogen-bond donors (Lipinski definition) is 1. The summed E-state index contributed by atoms with van der Waals surface area (Å²) in [6.07, 6.45) is 5.37. The molecule has 5 heteroatoms. The van der Waals surface area contributed by atoms with E-state index in [1.54, 1.807) is 24.3 Å². The summed E-state index contributed by atoms with van der Waals surface area (Å²) in [6, 6.07) is 12.6. The van der Waals surface area contributed by atoms with E-state index in [-0.39, 0.29) is 24.6 Å². The van der Waals surface area contributed by atoms with Gasteiger partial charge < -0.3 is 14.8 Å². The Labute approximate surface area is 166 Å². The van der Waals surface area contributed by atoms with Crippen LogP contribution in [0.4, 0.5) is 5.69 Å². The fourth-order valence-electron chi connectivity index (χ4n) is 3.39. The van der Waals surface area contributed by atoms with Crippen molar-refractivity contribution in [2.75, 3.05) is 11.9 Å². The Morgan fingerprint density at radius 3 is 2.39 bits per heavy atom. The molecule has 1 aliphatic rings. The number of ether oxygens (including phenoxy) is 2. The number of amides is 1. The molecule has 0 radical (unpaired) electrons. The first-order valence-corrected chi connectivity index (χ1v) is 9.82. The normalized spacial score (nSPS) is 14.4. The summed E-state index contributed by atoms with van der Waals surface area (Å²) in [7, 11) is 0. The van der Waals surface area contributed by atoms with E-state index in [4.69, 9.17) is 9.47 Å². The summed E-state index contributed by atoms with van der Waals surface area (Å²) in [5.74, 6) is 0.141. The zero-order chi connectivity index (χ0) is 19.9. The van der Waals surface area contributed by atoms with Gasteiger partial charge in [-0.15, -0.1) is 0 Å². The highest BCUT2D eigenvalue weighted by Crippen LogP contribution is 2.22. The first kappa shape index (κ1) is 19.9. The smallest absolute Gasteiger partial charge is 0.338 e. The molecule has 1 N–H and O–H groups in total. The molecule has 0 aliphatic heterocycles. The molecule has 28 heavy (non-hydrogen) atoms. The molecule has 0 saturated heterocycles. The third-order valence-electron chi connectivity index (χ3n) is 4.92. The minimum Gasteiger partial charge on any atom is -0.483 e. The van der Waals surface area contributed by atoms with Crippen molar-refractivity contribution in [3.8, 4) is 5.75 Å². The number of carbonyl (C=O) groups is 2. The number of carbonyl (C=O) groups excluding carboxylic acids is 2. The van der Waals surface area contributed by atoms with Gasteiger partial charge in [0, 0.05) is 5.69 Å². The van der Waals surface area contributed by atoms with Gasteiger partial charge in [0.05, 0.1) is 5.56 Å². The lowest BCUT2D eigenvalue weighted by Crippen LogP contribution is -2.21. The van der Waals surface area contributed by atoms with Gasteiger partial charge >= 0.3 is 5.97 Å². The summed E-state index contributed by atoms with van der Waals surface area (Å²) in [5, 5.41) is 2.77. The van der Waals surface area contributed by atoms with Crippen LogP contribution in [-0.4, -0.2) is 24.6 Å². The van der Waals surface area contributed by atoms with Crippen molar-refractivity contribution in [2.24, 2.45) is 0 Å². The van der Waals surface area contributed by atoms with E-state index in [1.807, 2.05) is 32.0 Å². The Hall–Kier alpha value is -2.82. The topological polar surface area (TPSA) is 64.6 Å². The van der Waals surface area contributed by atoms with E-state index in [0.29, 0.717) is 17.0 Å². The molecule has 148 valence electrons. The molecular weight excluding hydrogens is 354 g/mol. The Kier molecular flexibility index (Phi) is 6.69. The van der Waals surface area contributed by atoms with Gasteiger partial charge in [-0.2, -0.15) is 0 Å². The second-order valence-electron chi connectivity index (χ2n) is 7.35. The Morgan fingerprint density at radius 1 is 1.00 bits per heavy atom. The third-order valence-corrected chi connectivity index (χ3v) is 4.92. The number of benzene rings is 2. The van der Waals surface area contributed by atoms with Crippen LogP contribution in [0, 0.1) is 13.8 Å². The van der Waals surface area contributed by atoms with Crippen LogP contribution in [0.5, 0.6) is 5.75 Å². The van der Waals surface area contributed by atoms with Gasteiger partial charge in [-0.25, -0.2) is 4.79 Å². The minimum atomic E-state index is -0.303. The van der Waals surface area contributed by atoms with Crippen LogP contribution in [0.1, 0.15) is 53.6 Å². The fraction of sp³-hybridized carbons (Fsp3) is 0.391. The third kappa shape index (κ3) is 5.59. The Bertz CT molecular complexity index is 823. The van der Waals surface area contributed by atoms with Gasteiger partial charge in [0.25, 0.3) is 5.91 Å². The Morgan fingerprint density at radius 2 is 1.71 bits per heavy atom. The summed E-state index contributed by atoms with van der Waals surface area (Å²) < 4.78 is 11.1. The second kappa shape index (κ2) is 9.40. The number of anilines is 1. The van der Waals surface area contributed by atoms with Crippen LogP contribution >= 0.6 is 0 Å². The lowest BCUT2D eigenvalue weighted by atomic mass is 9.98. The molecule has 0 unspecified atom stereocenters. The van der Waals surface area contributed by atoms with Crippen LogP contribution in [0.15, 0.2) is 42.5 Å². The van der Waals surface area contributed by atoms with Crippen LogP contribution in [0.25, 0.3) is 0 Å². The van der Waals surface area contributed by atoms with E-state index >= 15 is 0 Å². The SMILES string of the molecule is Cc1ccc(OCC(=O)Nc2ccc(C(=O)OC3CCCCC3)cc2)c(C)c1. The number of rotatable bonds is 6. The van der Waals surface area contributed by atoms with Gasteiger partial charge in [0.1, 0.15) is 11.9 Å². The fourth-order valence-corrected chi connectivity index (χ4v) is 3.39. The van der Waals surface area contributed by atoms with Crippen LogP contribution < -0.4 is 10.1 Å². The minimum absolute atomic E-state index is 0.0306. The molecule has 5 nitrogen and oxygen atoms in total. The molecular formula is C23H27NO4. The van der Waals surface area contributed by atoms with Crippen LogP contribution in [0.2, 0.25) is 0 Å². The molecule has 1 saturated carbocycles. The van der Waals surface area contributed by atoms with E-state index in [2.05, 4.69) is 5.32 Å². The van der Waals surface area contributed by atoms with E-state index in [0.717, 1.165) is 36.8 Å². The lowest BCUT2D eigenvalue weighted by molar-refractivity contribution is -0.118. The molecule has 2 aromatic carbocycles. The quantitative estimate of drug-likeness (QED) is 0.729. The molecule has 1 fully saturated rings. The number of nitrogens with one attached hydrogen (secondary N) is 1. The van der Waals surface area contributed by atoms with Crippen molar-refractivity contribution in [1.82, 2.24) is 0 Å². The second-order valence-corrected chi connectivity index (χ2v) is 7.35. The van der Waals surface area contributed by atoms with Gasteiger partial charge in [0.2, 0.25) is 0 Å². The zero-order valence-corrected chi connectivity index (χ0v) is 16.5. The molecule has 3 rings (SSSR count). The first-order valence-electron chi connectivity index (χ1n) is 9.82. The molecule has 1 amide bonds. The average Bonchev–Trinajstić information content (AvgIpc) is 2.68. The lowest BCUT2D eigenvalue weighted by Gasteiger charge is -2.21. The Balaban J connectivity index is 1.49. The molecule has 0 bridgehead atoms. The number of hydrogen-bond acceptors (Lipinski definition) is 4. The molecule has 0 spiro atoms. The van der Waals surface area contributed by atoms with Gasteiger partial charge in [-0.05, 0) is 75.4 Å². The van der Waals surface area contributed by atoms with Crippen molar-refractivity contribution < 1.29 is 19.1 Å². The van der Waals surface area contributed by atoms with Crippen LogP contribution in [-0.2, 0) is 9.53 Å². The molecule has 0 atom stereocenters. The standard InChI is InChI=1S/C23H27NO4/c1-16-8-13-21(17(2)14-16)27-15-22(25)24-19-11-9-18(10-12-19)23(26)28-20-6-4-3-5-7-20/h8-14,20H,3-7,15H2,1-2H3,(H,24,25). The average molecular weight is 381 g/mol. The largest absolute Gasteiger partial charge is 0.483 e. The number of aryl methyl sites for hydroxylation is 2. The predicted molar refractivity (Wildman–Crippen MR) is 109 cm³/mol. The van der Waals surface area contributed by atoms with Gasteiger partial charge in [0.15, 0.2) is 6.61 Å². The summed E-state index contributed by atoms with van der Waals surface area (Å²) >= 11 is 0. The number of esters is 1. The van der Waals surface area contributed by atoms with Gasteiger partial charge in [-0.1, -0.05) is 24.1 Å². The molecule has 0 heterocycles. The summed E-state index contributed by atoms with van der Waals surface area (Å²) in [5.41, 5.74) is 3.25. The first-order chi connectivity index (χ1) is 13.5. The predicted octanol–water partition coefficient (Wildman–Crippen LogP) is 4.81. The summed E-state index contributed by atoms with van der Waals surface area (Å²) in [6.45, 7) is 3.89. The highest BCUT2D eigenvalue weighted by molar-refractivity contribution is 5.93. The van der Waals surface area contributed by atoms with Crippen molar-refractivity contribution in [3.63, 3.8) is 0 Å². The zero-order valence-electron chi connectivity index (χ0n) is 16.5. The van der Waals surface area contributed by atoms with Crippen molar-refractivity contribution >= 4 is 17.6 Å². The highest BCUT2D eigenvalue weighted by Gasteiger charge is 2.18. The van der Waals surface area contributed by atoms with Crippen molar-refractivity contribution in [2.45, 2.75) is 52.1 Å².